The topological polar surface area (TPSA) is 101 Å². The summed E-state index contributed by atoms with van der Waals surface area (Å²) in [4.78, 5) is 30.4. The predicted octanol–water partition coefficient (Wildman–Crippen LogP) is 4.71. The van der Waals surface area contributed by atoms with Gasteiger partial charge in [0.1, 0.15) is 17.3 Å². The van der Waals surface area contributed by atoms with E-state index in [4.69, 9.17) is 11.6 Å². The van der Waals surface area contributed by atoms with Crippen molar-refractivity contribution in [3.8, 4) is 16.9 Å². The average Bonchev–Trinajstić information content (AvgIpc) is 3.37. The van der Waals surface area contributed by atoms with Crippen molar-refractivity contribution in [2.45, 2.75) is 12.8 Å². The average molecular weight is 533 g/mol. The number of piperidine rings is 1. The van der Waals surface area contributed by atoms with Crippen LogP contribution in [0.3, 0.4) is 0 Å². The number of benzene rings is 2. The Hall–Kier alpha value is -4.08. The maximum Gasteiger partial charge on any atom is 0.271 e. The van der Waals surface area contributed by atoms with E-state index in [0.717, 1.165) is 25.9 Å². The monoisotopic (exact) mass is 532 g/mol. The van der Waals surface area contributed by atoms with Gasteiger partial charge in [0.2, 0.25) is 0 Å². The van der Waals surface area contributed by atoms with Crippen molar-refractivity contribution >= 4 is 29.2 Å². The van der Waals surface area contributed by atoms with Crippen molar-refractivity contribution in [2.75, 3.05) is 25.0 Å². The fourth-order valence-corrected chi connectivity index (χ4v) is 4.59. The largest absolute Gasteiger partial charge is 0.350 e. The van der Waals surface area contributed by atoms with Crippen LogP contribution in [0.5, 0.6) is 0 Å². The molecule has 0 atom stereocenters. The molecular weight excluding hydrogens is 507 g/mol. The number of nitrogens with zero attached hydrogens (tertiary/aromatic N) is 3. The number of halogens is 2. The van der Waals surface area contributed by atoms with Crippen LogP contribution in [0.1, 0.15) is 33.7 Å². The summed E-state index contributed by atoms with van der Waals surface area (Å²) >= 11 is 6.35. The molecule has 38 heavy (non-hydrogen) atoms. The smallest absolute Gasteiger partial charge is 0.271 e. The second-order valence-corrected chi connectivity index (χ2v) is 9.46. The van der Waals surface area contributed by atoms with Crippen LogP contribution in [-0.4, -0.2) is 46.2 Å². The predicted molar refractivity (Wildman–Crippen MR) is 144 cm³/mol. The van der Waals surface area contributed by atoms with Crippen LogP contribution in [0.4, 0.5) is 10.2 Å². The number of amides is 2. The number of pyridine rings is 1. The van der Waals surface area contributed by atoms with Gasteiger partial charge in [0.15, 0.2) is 5.69 Å². The van der Waals surface area contributed by atoms with E-state index >= 15 is 0 Å². The molecule has 3 N–H and O–H groups in total. The van der Waals surface area contributed by atoms with Crippen molar-refractivity contribution in [1.82, 2.24) is 25.4 Å². The lowest BCUT2D eigenvalue weighted by Gasteiger charge is -2.22. The number of carbonyl (C=O) groups excluding carboxylic acids is 2. The Morgan fingerprint density at radius 1 is 1.03 bits per heavy atom. The lowest BCUT2D eigenvalue weighted by molar-refractivity contribution is 0.0938. The van der Waals surface area contributed by atoms with Gasteiger partial charge >= 0.3 is 0 Å². The number of hydrogen-bond donors (Lipinski definition) is 3. The van der Waals surface area contributed by atoms with E-state index in [1.807, 2.05) is 30.3 Å². The lowest BCUT2D eigenvalue weighted by atomic mass is 9.98. The van der Waals surface area contributed by atoms with Gasteiger partial charge in [-0.1, -0.05) is 35.9 Å². The summed E-state index contributed by atoms with van der Waals surface area (Å²) in [5.74, 6) is -0.664. The summed E-state index contributed by atoms with van der Waals surface area (Å²) in [5.41, 5.74) is 1.49. The number of rotatable bonds is 7. The molecule has 1 saturated heterocycles. The second kappa shape index (κ2) is 11.5. The molecule has 2 aromatic carbocycles. The summed E-state index contributed by atoms with van der Waals surface area (Å²) < 4.78 is 15.8. The van der Waals surface area contributed by atoms with Gasteiger partial charge in [0.25, 0.3) is 11.8 Å². The fraction of sp³-hybridized carbons (Fsp3) is 0.214. The Labute approximate surface area is 224 Å². The molecule has 0 spiro atoms. The SMILES string of the molecule is O=C(NCC1CCNCC1)c1cc(NC(=O)c2cc(-c3ncccc3F)ccc2Cl)n(-c2ccccc2)n1. The maximum atomic E-state index is 14.3. The molecule has 4 aromatic rings. The highest BCUT2D eigenvalue weighted by atomic mass is 35.5. The highest BCUT2D eigenvalue weighted by Gasteiger charge is 2.21. The normalized spacial score (nSPS) is 13.7. The summed E-state index contributed by atoms with van der Waals surface area (Å²) in [5, 5.41) is 13.8. The Morgan fingerprint density at radius 2 is 1.82 bits per heavy atom. The van der Waals surface area contributed by atoms with E-state index in [-0.39, 0.29) is 27.9 Å². The molecule has 1 aliphatic rings. The standard InChI is InChI=1S/C28H26ClFN6O2/c29-22-9-8-19(26-23(30)7-4-12-32-26)15-21(22)27(37)34-25-16-24(35-36(25)20-5-2-1-3-6-20)28(38)33-17-18-10-13-31-14-11-18/h1-9,12,15-16,18,31H,10-11,13-14,17H2,(H,33,38)(H,34,37). The molecule has 5 rings (SSSR count). The molecule has 0 saturated carbocycles. The molecule has 0 bridgehead atoms. The van der Waals surface area contributed by atoms with E-state index in [1.165, 1.54) is 41.2 Å². The first kappa shape index (κ1) is 25.6. The quantitative estimate of drug-likeness (QED) is 0.320. The first-order chi connectivity index (χ1) is 18.5. The number of anilines is 1. The summed E-state index contributed by atoms with van der Waals surface area (Å²) in [7, 11) is 0. The van der Waals surface area contributed by atoms with E-state index in [9.17, 15) is 14.0 Å². The number of nitrogens with one attached hydrogen (secondary N) is 3. The number of hydrogen-bond acceptors (Lipinski definition) is 5. The zero-order chi connectivity index (χ0) is 26.5. The first-order valence-corrected chi connectivity index (χ1v) is 12.7. The third-order valence-electron chi connectivity index (χ3n) is 6.44. The molecule has 3 heterocycles. The molecular formula is C28H26ClFN6O2. The minimum absolute atomic E-state index is 0.111. The van der Waals surface area contributed by atoms with Gasteiger partial charge < -0.3 is 16.0 Å². The van der Waals surface area contributed by atoms with E-state index in [0.29, 0.717) is 29.5 Å². The highest BCUT2D eigenvalue weighted by molar-refractivity contribution is 6.34. The van der Waals surface area contributed by atoms with Crippen LogP contribution in [-0.2, 0) is 0 Å². The third-order valence-corrected chi connectivity index (χ3v) is 6.77. The van der Waals surface area contributed by atoms with E-state index in [1.54, 1.807) is 6.07 Å². The zero-order valence-corrected chi connectivity index (χ0v) is 21.2. The van der Waals surface area contributed by atoms with Crippen LogP contribution >= 0.6 is 11.6 Å². The van der Waals surface area contributed by atoms with Gasteiger partial charge in [-0.05, 0) is 68.2 Å². The van der Waals surface area contributed by atoms with Crippen LogP contribution in [0, 0.1) is 11.7 Å². The highest BCUT2D eigenvalue weighted by Crippen LogP contribution is 2.27. The van der Waals surface area contributed by atoms with Gasteiger partial charge in [-0.3, -0.25) is 14.6 Å². The molecule has 1 fully saturated rings. The molecule has 1 aliphatic heterocycles. The first-order valence-electron chi connectivity index (χ1n) is 12.4. The number of carbonyl (C=O) groups is 2. The minimum Gasteiger partial charge on any atom is -0.350 e. The Kier molecular flexibility index (Phi) is 7.76. The van der Waals surface area contributed by atoms with Crippen molar-refractivity contribution < 1.29 is 14.0 Å². The van der Waals surface area contributed by atoms with Crippen LogP contribution in [0.25, 0.3) is 16.9 Å². The third kappa shape index (κ3) is 5.74. The van der Waals surface area contributed by atoms with Crippen LogP contribution < -0.4 is 16.0 Å². The van der Waals surface area contributed by atoms with Crippen molar-refractivity contribution in [3.63, 3.8) is 0 Å². The Morgan fingerprint density at radius 3 is 2.58 bits per heavy atom. The Balaban J connectivity index is 1.41. The van der Waals surface area contributed by atoms with Crippen LogP contribution in [0.2, 0.25) is 5.02 Å². The molecule has 2 aromatic heterocycles. The molecule has 0 unspecified atom stereocenters. The van der Waals surface area contributed by atoms with Crippen molar-refractivity contribution in [3.05, 3.63) is 95.0 Å². The second-order valence-electron chi connectivity index (χ2n) is 9.05. The van der Waals surface area contributed by atoms with Crippen LogP contribution in [0.15, 0.2) is 72.9 Å². The Bertz CT molecular complexity index is 1450. The van der Waals surface area contributed by atoms with Gasteiger partial charge in [-0.25, -0.2) is 9.07 Å². The zero-order valence-electron chi connectivity index (χ0n) is 20.5. The van der Waals surface area contributed by atoms with Gasteiger partial charge in [-0.2, -0.15) is 5.10 Å². The molecule has 0 aliphatic carbocycles. The molecule has 10 heteroatoms. The molecule has 2 amide bonds. The maximum absolute atomic E-state index is 14.3. The summed E-state index contributed by atoms with van der Waals surface area (Å²) in [6, 6.07) is 18.1. The molecule has 0 radical (unpaired) electrons. The van der Waals surface area contributed by atoms with Crippen molar-refractivity contribution in [2.24, 2.45) is 5.92 Å². The van der Waals surface area contributed by atoms with Gasteiger partial charge in [0, 0.05) is 24.4 Å². The van der Waals surface area contributed by atoms with Crippen molar-refractivity contribution in [1.29, 1.82) is 0 Å². The summed E-state index contributed by atoms with van der Waals surface area (Å²) in [6.45, 7) is 2.44. The molecule has 194 valence electrons. The van der Waals surface area contributed by atoms with Gasteiger partial charge in [-0.15, -0.1) is 0 Å². The number of para-hydroxylation sites is 1. The number of aromatic nitrogens is 3. The lowest BCUT2D eigenvalue weighted by Crippen LogP contribution is -2.36. The fourth-order valence-electron chi connectivity index (χ4n) is 4.39. The van der Waals surface area contributed by atoms with E-state index in [2.05, 4.69) is 26.0 Å². The summed E-state index contributed by atoms with van der Waals surface area (Å²) in [6.07, 6.45) is 3.48. The van der Waals surface area contributed by atoms with Gasteiger partial charge in [0.05, 0.1) is 16.3 Å². The van der Waals surface area contributed by atoms with E-state index < -0.39 is 11.7 Å². The minimum atomic E-state index is -0.535. The molecule has 8 nitrogen and oxygen atoms in total.